The molecule has 3 rings (SSSR count). The normalized spacial score (nSPS) is 11.0. The van der Waals surface area contributed by atoms with Crippen molar-refractivity contribution in [2.45, 2.75) is 13.2 Å². The van der Waals surface area contributed by atoms with E-state index < -0.39 is 6.61 Å². The van der Waals surface area contributed by atoms with E-state index >= 15 is 0 Å². The van der Waals surface area contributed by atoms with Gasteiger partial charge >= 0.3 is 6.61 Å². The first-order valence-corrected chi connectivity index (χ1v) is 9.22. The van der Waals surface area contributed by atoms with Crippen LogP contribution in [0.3, 0.4) is 0 Å². The number of benzene rings is 3. The molecule has 7 heteroatoms. The summed E-state index contributed by atoms with van der Waals surface area (Å²) in [7, 11) is 2.75. The van der Waals surface area contributed by atoms with Crippen LogP contribution in [-0.2, 0) is 6.54 Å². The minimum atomic E-state index is -2.99. The zero-order valence-corrected chi connectivity index (χ0v) is 16.7. The number of anilines is 1. The number of ether oxygens (including phenoxy) is 3. The van der Waals surface area contributed by atoms with Crippen molar-refractivity contribution in [2.24, 2.45) is 5.10 Å². The van der Waals surface area contributed by atoms with Gasteiger partial charge in [-0.1, -0.05) is 48.5 Å². The van der Waals surface area contributed by atoms with Gasteiger partial charge in [0.1, 0.15) is 0 Å². The van der Waals surface area contributed by atoms with Gasteiger partial charge in [-0.2, -0.15) is 13.9 Å². The molecule has 0 bridgehead atoms. The van der Waals surface area contributed by atoms with Gasteiger partial charge in [0.25, 0.3) is 0 Å². The van der Waals surface area contributed by atoms with Crippen LogP contribution in [0, 0.1) is 0 Å². The van der Waals surface area contributed by atoms with Crippen LogP contribution in [0.15, 0.2) is 77.9 Å². The number of para-hydroxylation sites is 1. The second kappa shape index (κ2) is 10.2. The molecule has 156 valence electrons. The minimum Gasteiger partial charge on any atom is -0.493 e. The van der Waals surface area contributed by atoms with Crippen molar-refractivity contribution in [3.8, 4) is 17.2 Å². The van der Waals surface area contributed by atoms with E-state index in [1.165, 1.54) is 14.2 Å². The SMILES string of the molecule is COc1cc(/C=N\N(Cc2ccccc2)c2ccccc2)cc(OC)c1OC(F)F. The van der Waals surface area contributed by atoms with E-state index in [1.807, 2.05) is 65.7 Å². The Bertz CT molecular complexity index is 942. The summed E-state index contributed by atoms with van der Waals surface area (Å²) in [5, 5.41) is 6.45. The maximum atomic E-state index is 12.7. The van der Waals surface area contributed by atoms with Gasteiger partial charge in [0.15, 0.2) is 11.5 Å². The molecule has 0 aliphatic rings. The molecule has 0 heterocycles. The summed E-state index contributed by atoms with van der Waals surface area (Å²) in [5.41, 5.74) is 2.61. The van der Waals surface area contributed by atoms with Gasteiger partial charge in [-0.25, -0.2) is 0 Å². The van der Waals surface area contributed by atoms with Crippen LogP contribution in [-0.4, -0.2) is 27.0 Å². The van der Waals surface area contributed by atoms with Crippen molar-refractivity contribution in [1.82, 2.24) is 0 Å². The van der Waals surface area contributed by atoms with E-state index in [2.05, 4.69) is 9.84 Å². The second-order valence-corrected chi connectivity index (χ2v) is 6.26. The molecular formula is C23H22F2N2O3. The van der Waals surface area contributed by atoms with Crippen molar-refractivity contribution in [2.75, 3.05) is 19.2 Å². The molecule has 3 aromatic rings. The monoisotopic (exact) mass is 412 g/mol. The fourth-order valence-electron chi connectivity index (χ4n) is 2.87. The Kier molecular flexibility index (Phi) is 7.21. The third-order valence-corrected chi connectivity index (χ3v) is 4.27. The van der Waals surface area contributed by atoms with Crippen molar-refractivity contribution in [1.29, 1.82) is 0 Å². The highest BCUT2D eigenvalue weighted by Gasteiger charge is 2.18. The maximum Gasteiger partial charge on any atom is 0.387 e. The zero-order valence-electron chi connectivity index (χ0n) is 16.7. The van der Waals surface area contributed by atoms with Crippen LogP contribution >= 0.6 is 0 Å². The first-order valence-electron chi connectivity index (χ1n) is 9.22. The van der Waals surface area contributed by atoms with Gasteiger partial charge in [0.2, 0.25) is 5.75 Å². The number of nitrogens with zero attached hydrogens (tertiary/aromatic N) is 2. The molecule has 0 saturated heterocycles. The van der Waals surface area contributed by atoms with Gasteiger partial charge in [-0.3, -0.25) is 5.01 Å². The zero-order chi connectivity index (χ0) is 21.3. The highest BCUT2D eigenvalue weighted by Crippen LogP contribution is 2.39. The summed E-state index contributed by atoms with van der Waals surface area (Å²) < 4.78 is 40.4. The molecule has 0 aliphatic heterocycles. The number of methoxy groups -OCH3 is 2. The van der Waals surface area contributed by atoms with Crippen LogP contribution < -0.4 is 19.2 Å². The molecule has 0 atom stereocenters. The lowest BCUT2D eigenvalue weighted by atomic mass is 10.2. The molecule has 0 N–H and O–H groups in total. The molecule has 5 nitrogen and oxygen atoms in total. The lowest BCUT2D eigenvalue weighted by Crippen LogP contribution is -2.16. The fraction of sp³-hybridized carbons (Fsp3) is 0.174. The molecule has 0 unspecified atom stereocenters. The Morgan fingerprint density at radius 1 is 0.900 bits per heavy atom. The third kappa shape index (κ3) is 5.47. The van der Waals surface area contributed by atoms with E-state index in [4.69, 9.17) is 9.47 Å². The van der Waals surface area contributed by atoms with Crippen LogP contribution in [0.25, 0.3) is 0 Å². The molecule has 0 aromatic heterocycles. The Balaban J connectivity index is 1.93. The van der Waals surface area contributed by atoms with E-state index in [0.717, 1.165) is 11.3 Å². The first kappa shape index (κ1) is 21.1. The predicted octanol–water partition coefficient (Wildman–Crippen LogP) is 5.35. The van der Waals surface area contributed by atoms with E-state index in [0.29, 0.717) is 12.1 Å². The highest BCUT2D eigenvalue weighted by molar-refractivity contribution is 5.83. The average molecular weight is 412 g/mol. The molecule has 30 heavy (non-hydrogen) atoms. The summed E-state index contributed by atoms with van der Waals surface area (Å²) >= 11 is 0. The number of hydrazone groups is 1. The van der Waals surface area contributed by atoms with Crippen molar-refractivity contribution >= 4 is 11.9 Å². The van der Waals surface area contributed by atoms with Crippen LogP contribution in [0.4, 0.5) is 14.5 Å². The van der Waals surface area contributed by atoms with E-state index in [9.17, 15) is 8.78 Å². The largest absolute Gasteiger partial charge is 0.493 e. The summed E-state index contributed by atoms with van der Waals surface area (Å²) in [5.74, 6) is 0.104. The van der Waals surface area contributed by atoms with E-state index in [1.54, 1.807) is 18.3 Å². The van der Waals surface area contributed by atoms with E-state index in [-0.39, 0.29) is 17.2 Å². The van der Waals surface area contributed by atoms with Crippen molar-refractivity contribution < 1.29 is 23.0 Å². The smallest absolute Gasteiger partial charge is 0.387 e. The predicted molar refractivity (Wildman–Crippen MR) is 113 cm³/mol. The van der Waals surface area contributed by atoms with Gasteiger partial charge in [-0.15, -0.1) is 0 Å². The molecule has 3 aromatic carbocycles. The molecule has 0 fully saturated rings. The molecule has 0 spiro atoms. The summed E-state index contributed by atoms with van der Waals surface area (Å²) in [6.07, 6.45) is 1.62. The molecular weight excluding hydrogens is 390 g/mol. The van der Waals surface area contributed by atoms with Gasteiger partial charge < -0.3 is 14.2 Å². The second-order valence-electron chi connectivity index (χ2n) is 6.26. The summed E-state index contributed by atoms with van der Waals surface area (Å²) in [4.78, 5) is 0. The number of alkyl halides is 2. The highest BCUT2D eigenvalue weighted by atomic mass is 19.3. The molecule has 0 aliphatic carbocycles. The number of halogens is 2. The standard InChI is InChI=1S/C23H22F2N2O3/c1-28-20-13-18(14-21(29-2)22(20)30-23(24)25)15-26-27(19-11-7-4-8-12-19)16-17-9-5-3-6-10-17/h3-15,23H,16H2,1-2H3/b26-15-. The van der Waals surface area contributed by atoms with Crippen LogP contribution in [0.1, 0.15) is 11.1 Å². The Labute approximate surface area is 174 Å². The number of hydrogen-bond acceptors (Lipinski definition) is 5. The maximum absolute atomic E-state index is 12.7. The summed E-state index contributed by atoms with van der Waals surface area (Å²) in [6, 6.07) is 22.8. The minimum absolute atomic E-state index is 0.130. The lowest BCUT2D eigenvalue weighted by molar-refractivity contribution is -0.0526. The van der Waals surface area contributed by atoms with Crippen molar-refractivity contribution in [3.05, 3.63) is 83.9 Å². The van der Waals surface area contributed by atoms with Gasteiger partial charge in [-0.05, 0) is 29.8 Å². The molecule has 0 amide bonds. The Hall–Kier alpha value is -3.61. The van der Waals surface area contributed by atoms with Gasteiger partial charge in [0, 0.05) is 5.56 Å². The number of rotatable bonds is 9. The van der Waals surface area contributed by atoms with Gasteiger partial charge in [0.05, 0.1) is 32.7 Å². The van der Waals surface area contributed by atoms with Crippen LogP contribution in [0.2, 0.25) is 0 Å². The Morgan fingerprint density at radius 3 is 2.00 bits per heavy atom. The first-order chi connectivity index (χ1) is 14.6. The quantitative estimate of drug-likeness (QED) is 0.351. The summed E-state index contributed by atoms with van der Waals surface area (Å²) in [6.45, 7) is -2.44. The van der Waals surface area contributed by atoms with Crippen LogP contribution in [0.5, 0.6) is 17.2 Å². The lowest BCUT2D eigenvalue weighted by Gasteiger charge is -2.19. The Morgan fingerprint density at radius 2 is 1.47 bits per heavy atom. The molecule has 0 radical (unpaired) electrons. The topological polar surface area (TPSA) is 43.3 Å². The fourth-order valence-corrected chi connectivity index (χ4v) is 2.87. The number of hydrogen-bond donors (Lipinski definition) is 0. The third-order valence-electron chi connectivity index (χ3n) is 4.27. The average Bonchev–Trinajstić information content (AvgIpc) is 2.78. The molecule has 0 saturated carbocycles. The van der Waals surface area contributed by atoms with Crippen molar-refractivity contribution in [3.63, 3.8) is 0 Å².